The van der Waals surface area contributed by atoms with Gasteiger partial charge in [-0.3, -0.25) is 4.79 Å². The SMILES string of the molecule is CNC1CCCCC1Oc1ccc(C(N)=O)cc1F. The minimum absolute atomic E-state index is 0.0346. The minimum Gasteiger partial charge on any atom is -0.486 e. The average molecular weight is 266 g/mol. The molecule has 1 fully saturated rings. The molecule has 0 saturated heterocycles. The molecule has 1 aromatic rings. The molecule has 2 rings (SSSR count). The molecule has 19 heavy (non-hydrogen) atoms. The maximum absolute atomic E-state index is 13.8. The molecule has 0 radical (unpaired) electrons. The summed E-state index contributed by atoms with van der Waals surface area (Å²) in [6, 6.07) is 4.31. The normalized spacial score (nSPS) is 23.1. The second kappa shape index (κ2) is 6.02. The summed E-state index contributed by atoms with van der Waals surface area (Å²) in [5.74, 6) is -1.01. The average Bonchev–Trinajstić information content (AvgIpc) is 2.41. The van der Waals surface area contributed by atoms with Gasteiger partial charge in [0.15, 0.2) is 11.6 Å². The Bertz CT molecular complexity index is 465. The van der Waals surface area contributed by atoms with E-state index in [1.165, 1.54) is 12.1 Å². The van der Waals surface area contributed by atoms with Gasteiger partial charge in [-0.05, 0) is 44.5 Å². The number of amides is 1. The van der Waals surface area contributed by atoms with Crippen LogP contribution in [-0.4, -0.2) is 25.1 Å². The Kier molecular flexibility index (Phi) is 4.37. The van der Waals surface area contributed by atoms with Crippen molar-refractivity contribution >= 4 is 5.91 Å². The first kappa shape index (κ1) is 13.8. The van der Waals surface area contributed by atoms with Crippen LogP contribution in [0.3, 0.4) is 0 Å². The Morgan fingerprint density at radius 2 is 2.16 bits per heavy atom. The summed E-state index contributed by atoms with van der Waals surface area (Å²) in [4.78, 5) is 11.0. The van der Waals surface area contributed by atoms with E-state index in [0.717, 1.165) is 31.7 Å². The molecule has 0 bridgehead atoms. The first-order valence-electron chi connectivity index (χ1n) is 6.55. The lowest BCUT2D eigenvalue weighted by Gasteiger charge is -2.31. The van der Waals surface area contributed by atoms with Crippen LogP contribution in [0.15, 0.2) is 18.2 Å². The number of halogens is 1. The number of nitrogens with one attached hydrogen (secondary N) is 1. The molecule has 5 heteroatoms. The zero-order chi connectivity index (χ0) is 13.8. The summed E-state index contributed by atoms with van der Waals surface area (Å²) in [6.07, 6.45) is 4.15. The molecule has 104 valence electrons. The molecule has 0 spiro atoms. The third-order valence-corrected chi connectivity index (χ3v) is 3.57. The highest BCUT2D eigenvalue weighted by atomic mass is 19.1. The van der Waals surface area contributed by atoms with E-state index < -0.39 is 11.7 Å². The highest BCUT2D eigenvalue weighted by molar-refractivity contribution is 5.92. The van der Waals surface area contributed by atoms with Gasteiger partial charge in [-0.15, -0.1) is 0 Å². The Balaban J connectivity index is 2.11. The summed E-state index contributed by atoms with van der Waals surface area (Å²) in [5.41, 5.74) is 5.26. The van der Waals surface area contributed by atoms with Crippen LogP contribution in [0.4, 0.5) is 4.39 Å². The van der Waals surface area contributed by atoms with Gasteiger partial charge in [0.05, 0.1) is 0 Å². The van der Waals surface area contributed by atoms with Gasteiger partial charge in [0.2, 0.25) is 5.91 Å². The van der Waals surface area contributed by atoms with E-state index in [-0.39, 0.29) is 23.5 Å². The summed E-state index contributed by atoms with van der Waals surface area (Å²) in [5, 5.41) is 3.20. The van der Waals surface area contributed by atoms with E-state index in [2.05, 4.69) is 5.32 Å². The zero-order valence-corrected chi connectivity index (χ0v) is 11.0. The fourth-order valence-electron chi connectivity index (χ4n) is 2.48. The van der Waals surface area contributed by atoms with Gasteiger partial charge in [0, 0.05) is 11.6 Å². The van der Waals surface area contributed by atoms with Gasteiger partial charge in [0.1, 0.15) is 6.10 Å². The predicted octanol–water partition coefficient (Wildman–Crippen LogP) is 1.83. The Morgan fingerprint density at radius 1 is 1.42 bits per heavy atom. The zero-order valence-electron chi connectivity index (χ0n) is 11.0. The summed E-state index contributed by atoms with van der Waals surface area (Å²) >= 11 is 0. The third-order valence-electron chi connectivity index (χ3n) is 3.57. The Labute approximate surface area is 112 Å². The Hall–Kier alpha value is -1.62. The second-order valence-electron chi connectivity index (χ2n) is 4.85. The van der Waals surface area contributed by atoms with E-state index in [1.807, 2.05) is 7.05 Å². The molecule has 1 aliphatic carbocycles. The summed E-state index contributed by atoms with van der Waals surface area (Å²) in [7, 11) is 1.89. The summed E-state index contributed by atoms with van der Waals surface area (Å²) in [6.45, 7) is 0. The number of benzene rings is 1. The van der Waals surface area contributed by atoms with Crippen LogP contribution >= 0.6 is 0 Å². The fraction of sp³-hybridized carbons (Fsp3) is 0.500. The second-order valence-corrected chi connectivity index (χ2v) is 4.85. The van der Waals surface area contributed by atoms with Gasteiger partial charge in [-0.25, -0.2) is 4.39 Å². The molecule has 0 aliphatic heterocycles. The number of ether oxygens (including phenoxy) is 1. The van der Waals surface area contributed by atoms with E-state index in [4.69, 9.17) is 10.5 Å². The third kappa shape index (κ3) is 3.23. The van der Waals surface area contributed by atoms with Gasteiger partial charge in [-0.2, -0.15) is 0 Å². The first-order valence-corrected chi connectivity index (χ1v) is 6.55. The number of hydrogen-bond donors (Lipinski definition) is 2. The van der Waals surface area contributed by atoms with Crippen LogP contribution in [0, 0.1) is 5.82 Å². The molecule has 1 aromatic carbocycles. The lowest BCUT2D eigenvalue weighted by atomic mass is 9.92. The van der Waals surface area contributed by atoms with Gasteiger partial charge in [0.25, 0.3) is 0 Å². The van der Waals surface area contributed by atoms with Crippen molar-refractivity contribution < 1.29 is 13.9 Å². The van der Waals surface area contributed by atoms with Crippen molar-refractivity contribution in [3.63, 3.8) is 0 Å². The number of carbonyl (C=O) groups is 1. The molecule has 0 aromatic heterocycles. The molecule has 2 unspecified atom stereocenters. The standard InChI is InChI=1S/C14H19FN2O2/c1-17-11-4-2-3-5-13(11)19-12-7-6-9(14(16)18)8-10(12)15/h6-8,11,13,17H,2-5H2,1H3,(H2,16,18). The molecule has 4 nitrogen and oxygen atoms in total. The maximum atomic E-state index is 13.8. The molecular formula is C14H19FN2O2. The molecule has 2 atom stereocenters. The number of likely N-dealkylation sites (N-methyl/N-ethyl adjacent to an activating group) is 1. The van der Waals surface area contributed by atoms with Crippen molar-refractivity contribution in [2.24, 2.45) is 5.73 Å². The molecule has 1 amide bonds. The molecule has 1 saturated carbocycles. The quantitative estimate of drug-likeness (QED) is 0.874. The van der Waals surface area contributed by atoms with Gasteiger partial charge in [-0.1, -0.05) is 6.42 Å². The van der Waals surface area contributed by atoms with Crippen molar-refractivity contribution in [3.8, 4) is 5.75 Å². The van der Waals surface area contributed by atoms with Crippen molar-refractivity contribution in [1.29, 1.82) is 0 Å². The highest BCUT2D eigenvalue weighted by Gasteiger charge is 2.26. The van der Waals surface area contributed by atoms with Gasteiger partial charge < -0.3 is 15.8 Å². The molecule has 0 heterocycles. The monoisotopic (exact) mass is 266 g/mol. The smallest absolute Gasteiger partial charge is 0.248 e. The van der Waals surface area contributed by atoms with Crippen molar-refractivity contribution in [3.05, 3.63) is 29.6 Å². The van der Waals surface area contributed by atoms with E-state index >= 15 is 0 Å². The fourth-order valence-corrected chi connectivity index (χ4v) is 2.48. The highest BCUT2D eigenvalue weighted by Crippen LogP contribution is 2.26. The number of nitrogens with two attached hydrogens (primary N) is 1. The van der Waals surface area contributed by atoms with Crippen LogP contribution in [0.25, 0.3) is 0 Å². The largest absolute Gasteiger partial charge is 0.486 e. The number of primary amides is 1. The molecule has 3 N–H and O–H groups in total. The van der Waals surface area contributed by atoms with Crippen molar-refractivity contribution in [1.82, 2.24) is 5.32 Å². The summed E-state index contributed by atoms with van der Waals surface area (Å²) < 4.78 is 19.6. The minimum atomic E-state index is -0.642. The van der Waals surface area contributed by atoms with Crippen LogP contribution in [-0.2, 0) is 0 Å². The Morgan fingerprint density at radius 3 is 2.79 bits per heavy atom. The van der Waals surface area contributed by atoms with E-state index in [0.29, 0.717) is 0 Å². The van der Waals surface area contributed by atoms with Crippen molar-refractivity contribution in [2.75, 3.05) is 7.05 Å². The van der Waals surface area contributed by atoms with Crippen LogP contribution in [0.5, 0.6) is 5.75 Å². The van der Waals surface area contributed by atoms with Crippen LogP contribution < -0.4 is 15.8 Å². The van der Waals surface area contributed by atoms with Crippen LogP contribution in [0.1, 0.15) is 36.0 Å². The predicted molar refractivity (Wildman–Crippen MR) is 70.6 cm³/mol. The molecule has 1 aliphatic rings. The lowest BCUT2D eigenvalue weighted by molar-refractivity contribution is 0.0998. The number of carbonyl (C=O) groups excluding carboxylic acids is 1. The van der Waals surface area contributed by atoms with Gasteiger partial charge >= 0.3 is 0 Å². The number of rotatable bonds is 4. The lowest BCUT2D eigenvalue weighted by Crippen LogP contribution is -2.43. The van der Waals surface area contributed by atoms with E-state index in [9.17, 15) is 9.18 Å². The van der Waals surface area contributed by atoms with Crippen molar-refractivity contribution in [2.45, 2.75) is 37.8 Å². The molecular weight excluding hydrogens is 247 g/mol. The maximum Gasteiger partial charge on any atom is 0.248 e. The first-order chi connectivity index (χ1) is 9.11. The number of hydrogen-bond acceptors (Lipinski definition) is 3. The van der Waals surface area contributed by atoms with E-state index in [1.54, 1.807) is 0 Å². The topological polar surface area (TPSA) is 64.3 Å². The van der Waals surface area contributed by atoms with Crippen LogP contribution in [0.2, 0.25) is 0 Å².